The second kappa shape index (κ2) is 6.26. The molecule has 1 aliphatic carbocycles. The molecule has 0 spiro atoms. The highest BCUT2D eigenvalue weighted by Crippen LogP contribution is 2.45. The van der Waals surface area contributed by atoms with Gasteiger partial charge in [0.2, 0.25) is 0 Å². The lowest BCUT2D eigenvalue weighted by Gasteiger charge is -2.34. The van der Waals surface area contributed by atoms with Crippen molar-refractivity contribution < 1.29 is 9.53 Å². The number of rotatable bonds is 2. The van der Waals surface area contributed by atoms with Crippen molar-refractivity contribution in [2.45, 2.75) is 25.2 Å². The zero-order valence-corrected chi connectivity index (χ0v) is 15.5. The van der Waals surface area contributed by atoms with Crippen molar-refractivity contribution in [2.24, 2.45) is 14.1 Å². The van der Waals surface area contributed by atoms with Crippen molar-refractivity contribution in [2.75, 3.05) is 12.4 Å². The molecule has 1 N–H and O–H groups in total. The summed E-state index contributed by atoms with van der Waals surface area (Å²) in [5.74, 6) is 0.524. The first-order valence-corrected chi connectivity index (χ1v) is 8.91. The molecule has 2 aliphatic rings. The molecule has 0 radical (unpaired) electrons. The van der Waals surface area contributed by atoms with E-state index in [1.165, 1.54) is 11.6 Å². The van der Waals surface area contributed by atoms with E-state index < -0.39 is 17.2 Å². The molecule has 140 valence electrons. The molecule has 0 saturated carbocycles. The lowest BCUT2D eigenvalue weighted by Crippen LogP contribution is -2.44. The summed E-state index contributed by atoms with van der Waals surface area (Å²) in [5.41, 5.74) is 1.74. The lowest BCUT2D eigenvalue weighted by atomic mass is 9.76. The highest BCUT2D eigenvalue weighted by Gasteiger charge is 2.39. The van der Waals surface area contributed by atoms with Gasteiger partial charge in [0.05, 0.1) is 18.6 Å². The number of methoxy groups -OCH3 is 1. The number of fused-ring (bicyclic) bond motifs is 1. The first-order valence-electron chi connectivity index (χ1n) is 8.91. The smallest absolute Gasteiger partial charge is 0.332 e. The monoisotopic (exact) mass is 367 g/mol. The van der Waals surface area contributed by atoms with E-state index in [2.05, 4.69) is 5.32 Å². The van der Waals surface area contributed by atoms with E-state index in [0.717, 1.165) is 22.2 Å². The number of aromatic nitrogens is 2. The van der Waals surface area contributed by atoms with Crippen LogP contribution in [0.15, 0.2) is 45.1 Å². The quantitative estimate of drug-likeness (QED) is 0.873. The van der Waals surface area contributed by atoms with Crippen LogP contribution in [0.4, 0.5) is 5.82 Å². The van der Waals surface area contributed by atoms with Crippen LogP contribution in [-0.4, -0.2) is 22.0 Å². The number of hydrogen-bond donors (Lipinski definition) is 1. The first-order chi connectivity index (χ1) is 13.0. The molecule has 1 unspecified atom stereocenters. The van der Waals surface area contributed by atoms with Gasteiger partial charge in [0.15, 0.2) is 5.78 Å². The number of hydrogen-bond acceptors (Lipinski definition) is 5. The second-order valence-corrected chi connectivity index (χ2v) is 6.94. The summed E-state index contributed by atoms with van der Waals surface area (Å²) in [6, 6.07) is 7.40. The molecule has 4 rings (SSSR count). The summed E-state index contributed by atoms with van der Waals surface area (Å²) in [5, 5.41) is 3.21. The molecule has 0 fully saturated rings. The Bertz CT molecular complexity index is 1110. The number of benzene rings is 1. The van der Waals surface area contributed by atoms with E-state index in [-0.39, 0.29) is 5.78 Å². The van der Waals surface area contributed by atoms with Gasteiger partial charge < -0.3 is 10.1 Å². The van der Waals surface area contributed by atoms with Gasteiger partial charge in [-0.25, -0.2) is 4.79 Å². The van der Waals surface area contributed by atoms with E-state index in [1.807, 2.05) is 24.3 Å². The average Bonchev–Trinajstić information content (AvgIpc) is 2.69. The molecule has 1 aromatic heterocycles. The Balaban J connectivity index is 2.12. The standard InChI is InChI=1S/C20H21N3O4/c1-22-18-17(19(25)23(2)20(22)26)15(11-7-4-5-10-14(11)27-3)16-12(21-18)8-6-9-13(16)24/h4-5,7,10,15,21H,6,8-9H2,1-3H3. The Morgan fingerprint density at radius 2 is 1.81 bits per heavy atom. The van der Waals surface area contributed by atoms with Crippen LogP contribution in [0.2, 0.25) is 0 Å². The number of para-hydroxylation sites is 1. The predicted molar refractivity (Wildman–Crippen MR) is 101 cm³/mol. The molecule has 1 atom stereocenters. The zero-order valence-electron chi connectivity index (χ0n) is 15.5. The Morgan fingerprint density at radius 1 is 1.07 bits per heavy atom. The normalized spacial score (nSPS) is 18.6. The molecule has 1 aliphatic heterocycles. The van der Waals surface area contributed by atoms with Crippen LogP contribution in [0.5, 0.6) is 5.75 Å². The summed E-state index contributed by atoms with van der Waals surface area (Å²) < 4.78 is 8.04. The zero-order chi connectivity index (χ0) is 19.3. The number of allylic oxidation sites excluding steroid dienone is 2. The largest absolute Gasteiger partial charge is 0.496 e. The summed E-state index contributed by atoms with van der Waals surface area (Å²) >= 11 is 0. The Kier molecular flexibility index (Phi) is 4.02. The molecule has 0 bridgehead atoms. The van der Waals surface area contributed by atoms with Crippen molar-refractivity contribution >= 4 is 11.6 Å². The van der Waals surface area contributed by atoms with Crippen LogP contribution in [0, 0.1) is 0 Å². The molecule has 2 heterocycles. The number of carbonyl (C=O) groups is 1. The molecule has 27 heavy (non-hydrogen) atoms. The van der Waals surface area contributed by atoms with Crippen LogP contribution in [0.3, 0.4) is 0 Å². The third-order valence-electron chi connectivity index (χ3n) is 5.45. The number of nitrogens with one attached hydrogen (secondary N) is 1. The maximum Gasteiger partial charge on any atom is 0.332 e. The van der Waals surface area contributed by atoms with Crippen molar-refractivity contribution in [3.05, 3.63) is 67.5 Å². The molecule has 0 amide bonds. The van der Waals surface area contributed by atoms with Gasteiger partial charge in [-0.3, -0.25) is 18.7 Å². The lowest BCUT2D eigenvalue weighted by molar-refractivity contribution is -0.116. The van der Waals surface area contributed by atoms with Crippen molar-refractivity contribution in [3.63, 3.8) is 0 Å². The number of carbonyl (C=O) groups excluding carboxylic acids is 1. The van der Waals surface area contributed by atoms with Crippen LogP contribution in [0.25, 0.3) is 0 Å². The SMILES string of the molecule is COc1ccccc1C1C2=C(CCCC2=O)Nc2c1c(=O)n(C)c(=O)n2C. The Morgan fingerprint density at radius 3 is 2.56 bits per heavy atom. The summed E-state index contributed by atoms with van der Waals surface area (Å²) in [4.78, 5) is 38.4. The number of Topliss-reactive ketones (excluding diaryl/α,β-unsaturated/α-hetero) is 1. The average molecular weight is 367 g/mol. The van der Waals surface area contributed by atoms with E-state index >= 15 is 0 Å². The van der Waals surface area contributed by atoms with E-state index in [4.69, 9.17) is 4.74 Å². The maximum absolute atomic E-state index is 13.1. The van der Waals surface area contributed by atoms with Crippen molar-refractivity contribution in [1.29, 1.82) is 0 Å². The van der Waals surface area contributed by atoms with E-state index in [1.54, 1.807) is 14.2 Å². The minimum atomic E-state index is -0.564. The number of nitrogens with zero attached hydrogens (tertiary/aromatic N) is 2. The minimum absolute atomic E-state index is 0.0289. The molecule has 2 aromatic rings. The van der Waals surface area contributed by atoms with Crippen LogP contribution < -0.4 is 21.3 Å². The number of anilines is 1. The van der Waals surface area contributed by atoms with E-state index in [0.29, 0.717) is 35.5 Å². The van der Waals surface area contributed by atoms with Crippen LogP contribution in [0.1, 0.15) is 36.3 Å². The van der Waals surface area contributed by atoms with Gasteiger partial charge in [-0.1, -0.05) is 18.2 Å². The van der Waals surface area contributed by atoms with Gasteiger partial charge in [-0.2, -0.15) is 0 Å². The van der Waals surface area contributed by atoms with Gasteiger partial charge >= 0.3 is 5.69 Å². The number of ether oxygens (including phenoxy) is 1. The fourth-order valence-corrected chi connectivity index (χ4v) is 4.11. The summed E-state index contributed by atoms with van der Waals surface area (Å²) in [6.45, 7) is 0. The fourth-order valence-electron chi connectivity index (χ4n) is 4.11. The molecule has 0 saturated heterocycles. The van der Waals surface area contributed by atoms with Gasteiger partial charge in [0.1, 0.15) is 11.6 Å². The third kappa shape index (κ3) is 2.45. The van der Waals surface area contributed by atoms with Gasteiger partial charge in [0, 0.05) is 37.3 Å². The maximum atomic E-state index is 13.1. The van der Waals surface area contributed by atoms with Crippen molar-refractivity contribution in [1.82, 2.24) is 9.13 Å². The molecule has 7 heteroatoms. The molecular weight excluding hydrogens is 346 g/mol. The molecule has 7 nitrogen and oxygen atoms in total. The highest BCUT2D eigenvalue weighted by atomic mass is 16.5. The third-order valence-corrected chi connectivity index (χ3v) is 5.45. The molecule has 1 aromatic carbocycles. The summed E-state index contributed by atoms with van der Waals surface area (Å²) in [7, 11) is 4.65. The summed E-state index contributed by atoms with van der Waals surface area (Å²) in [6.07, 6.45) is 1.90. The number of ketones is 1. The Labute approximate surface area is 155 Å². The minimum Gasteiger partial charge on any atom is -0.496 e. The predicted octanol–water partition coefficient (Wildman–Crippen LogP) is 1.66. The van der Waals surface area contributed by atoms with Crippen LogP contribution >= 0.6 is 0 Å². The fraction of sp³-hybridized carbons (Fsp3) is 0.350. The van der Waals surface area contributed by atoms with Gasteiger partial charge in [-0.15, -0.1) is 0 Å². The van der Waals surface area contributed by atoms with E-state index in [9.17, 15) is 14.4 Å². The van der Waals surface area contributed by atoms with Crippen molar-refractivity contribution in [3.8, 4) is 5.75 Å². The Hall–Kier alpha value is -3.09. The topological polar surface area (TPSA) is 82.3 Å². The van der Waals surface area contributed by atoms with Gasteiger partial charge in [-0.05, 0) is 18.9 Å². The molecular formula is C20H21N3O4. The first kappa shape index (κ1) is 17.3. The van der Waals surface area contributed by atoms with Gasteiger partial charge in [0.25, 0.3) is 5.56 Å². The van der Waals surface area contributed by atoms with Crippen LogP contribution in [-0.2, 0) is 18.9 Å². The highest BCUT2D eigenvalue weighted by molar-refractivity contribution is 6.01. The second-order valence-electron chi connectivity index (χ2n) is 6.94.